The van der Waals surface area contributed by atoms with Gasteiger partial charge in [0, 0.05) is 18.7 Å². The lowest BCUT2D eigenvalue weighted by Crippen LogP contribution is -2.52. The second-order valence-electron chi connectivity index (χ2n) is 6.69. The summed E-state index contributed by atoms with van der Waals surface area (Å²) in [5.74, 6) is 0.391. The molecule has 23 heavy (non-hydrogen) atoms. The standard InChI is InChI=1S/C17H21N3O3/c1-16(2)17(7-13(17)10-23-16)20-15(21)19-14-5-4-11(9-22-3)12(6-14)8-18/h4-6,13H,7,9-10H2,1-3H3,(H2,19,20,21). The molecule has 1 aromatic carbocycles. The van der Waals surface area contributed by atoms with Crippen LogP contribution >= 0.6 is 0 Å². The summed E-state index contributed by atoms with van der Waals surface area (Å²) in [6.07, 6.45) is 0.948. The number of amides is 2. The number of nitriles is 1. The molecule has 0 spiro atoms. The predicted octanol–water partition coefficient (Wildman–Crippen LogP) is 2.39. The smallest absolute Gasteiger partial charge is 0.319 e. The Bertz CT molecular complexity index is 680. The summed E-state index contributed by atoms with van der Waals surface area (Å²) in [7, 11) is 1.58. The lowest BCUT2D eigenvalue weighted by atomic mass is 9.96. The summed E-state index contributed by atoms with van der Waals surface area (Å²) in [5.41, 5.74) is 1.26. The number of ether oxygens (including phenoxy) is 2. The molecule has 6 heteroatoms. The molecule has 1 saturated heterocycles. The van der Waals surface area contributed by atoms with Crippen molar-refractivity contribution in [2.75, 3.05) is 19.0 Å². The number of nitrogens with zero attached hydrogens (tertiary/aromatic N) is 1. The highest BCUT2D eigenvalue weighted by molar-refractivity contribution is 5.90. The van der Waals surface area contributed by atoms with Crippen molar-refractivity contribution in [2.45, 2.75) is 38.0 Å². The second kappa shape index (κ2) is 5.52. The quantitative estimate of drug-likeness (QED) is 0.893. The SMILES string of the molecule is COCc1ccc(NC(=O)NC23CC2COC3(C)C)cc1C#N. The zero-order chi connectivity index (χ0) is 16.7. The summed E-state index contributed by atoms with van der Waals surface area (Å²) >= 11 is 0. The van der Waals surface area contributed by atoms with Gasteiger partial charge in [-0.3, -0.25) is 0 Å². The van der Waals surface area contributed by atoms with E-state index in [9.17, 15) is 10.1 Å². The fourth-order valence-corrected chi connectivity index (χ4v) is 3.41. The Kier molecular flexibility index (Phi) is 3.78. The number of hydrogen-bond acceptors (Lipinski definition) is 4. The van der Waals surface area contributed by atoms with Crippen molar-refractivity contribution in [1.29, 1.82) is 5.26 Å². The number of hydrogen-bond donors (Lipinski definition) is 2. The monoisotopic (exact) mass is 315 g/mol. The van der Waals surface area contributed by atoms with Gasteiger partial charge in [-0.05, 0) is 38.0 Å². The topological polar surface area (TPSA) is 83.4 Å². The van der Waals surface area contributed by atoms with E-state index in [1.165, 1.54) is 0 Å². The minimum atomic E-state index is -0.352. The summed E-state index contributed by atoms with van der Waals surface area (Å²) in [5, 5.41) is 15.1. The normalized spacial score (nSPS) is 27.0. The molecular formula is C17H21N3O3. The average Bonchev–Trinajstić information content (AvgIpc) is 3.16. The molecule has 2 N–H and O–H groups in total. The van der Waals surface area contributed by atoms with E-state index in [0.717, 1.165) is 12.0 Å². The molecule has 2 atom stereocenters. The van der Waals surface area contributed by atoms with Crippen molar-refractivity contribution >= 4 is 11.7 Å². The van der Waals surface area contributed by atoms with Gasteiger partial charge in [-0.15, -0.1) is 0 Å². The van der Waals surface area contributed by atoms with Crippen LogP contribution in [0.4, 0.5) is 10.5 Å². The van der Waals surface area contributed by atoms with Crippen LogP contribution in [0.25, 0.3) is 0 Å². The van der Waals surface area contributed by atoms with Gasteiger partial charge in [0.2, 0.25) is 0 Å². The summed E-state index contributed by atoms with van der Waals surface area (Å²) in [6.45, 7) is 5.07. The highest BCUT2D eigenvalue weighted by atomic mass is 16.5. The molecule has 1 heterocycles. The van der Waals surface area contributed by atoms with E-state index < -0.39 is 0 Å². The number of carbonyl (C=O) groups is 1. The molecule has 6 nitrogen and oxygen atoms in total. The van der Waals surface area contributed by atoms with Gasteiger partial charge in [0.25, 0.3) is 0 Å². The summed E-state index contributed by atoms with van der Waals surface area (Å²) in [4.78, 5) is 12.3. The Labute approximate surface area is 135 Å². The van der Waals surface area contributed by atoms with E-state index in [1.807, 2.05) is 13.8 Å². The number of benzene rings is 1. The fourth-order valence-electron chi connectivity index (χ4n) is 3.41. The largest absolute Gasteiger partial charge is 0.380 e. The van der Waals surface area contributed by atoms with E-state index in [2.05, 4.69) is 16.7 Å². The molecule has 2 aliphatic rings. The average molecular weight is 315 g/mol. The Morgan fingerprint density at radius 1 is 1.52 bits per heavy atom. The van der Waals surface area contributed by atoms with Gasteiger partial charge in [0.15, 0.2) is 0 Å². The molecule has 1 aliphatic heterocycles. The predicted molar refractivity (Wildman–Crippen MR) is 84.9 cm³/mol. The first-order chi connectivity index (χ1) is 10.9. The van der Waals surface area contributed by atoms with Gasteiger partial charge in [-0.1, -0.05) is 6.07 Å². The highest BCUT2D eigenvalue weighted by Gasteiger charge is 2.69. The molecule has 2 amide bonds. The second-order valence-corrected chi connectivity index (χ2v) is 6.69. The van der Waals surface area contributed by atoms with Gasteiger partial charge in [0.05, 0.1) is 36.0 Å². The molecule has 2 unspecified atom stereocenters. The number of methoxy groups -OCH3 is 1. The van der Waals surface area contributed by atoms with Crippen molar-refractivity contribution in [1.82, 2.24) is 5.32 Å². The first-order valence-electron chi connectivity index (χ1n) is 7.67. The van der Waals surface area contributed by atoms with Crippen molar-refractivity contribution in [2.24, 2.45) is 5.92 Å². The zero-order valence-corrected chi connectivity index (χ0v) is 13.6. The Morgan fingerprint density at radius 2 is 2.30 bits per heavy atom. The summed E-state index contributed by atoms with van der Waals surface area (Å²) in [6, 6.07) is 7.08. The van der Waals surface area contributed by atoms with Crippen molar-refractivity contribution in [3.8, 4) is 6.07 Å². The lowest BCUT2D eigenvalue weighted by Gasteiger charge is -2.31. The number of carbonyl (C=O) groups excluding carboxylic acids is 1. The third kappa shape index (κ3) is 2.67. The molecular weight excluding hydrogens is 294 g/mol. The molecule has 122 valence electrons. The fraction of sp³-hybridized carbons (Fsp3) is 0.529. The van der Waals surface area contributed by atoms with Crippen LogP contribution in [0.2, 0.25) is 0 Å². The van der Waals surface area contributed by atoms with Crippen LogP contribution < -0.4 is 10.6 Å². The molecule has 1 aliphatic carbocycles. The Morgan fingerprint density at radius 3 is 2.87 bits per heavy atom. The maximum absolute atomic E-state index is 12.3. The molecule has 1 saturated carbocycles. The molecule has 3 rings (SSSR count). The summed E-state index contributed by atoms with van der Waals surface area (Å²) < 4.78 is 10.8. The Balaban J connectivity index is 1.68. The van der Waals surface area contributed by atoms with Crippen LogP contribution in [0, 0.1) is 17.2 Å². The molecule has 0 bridgehead atoms. The highest BCUT2D eigenvalue weighted by Crippen LogP contribution is 2.57. The van der Waals surface area contributed by atoms with E-state index in [0.29, 0.717) is 30.4 Å². The zero-order valence-electron chi connectivity index (χ0n) is 13.6. The van der Waals surface area contributed by atoms with Gasteiger partial charge in [-0.25, -0.2) is 4.79 Å². The maximum Gasteiger partial charge on any atom is 0.319 e. The first kappa shape index (κ1) is 15.8. The third-order valence-electron chi connectivity index (χ3n) is 4.95. The third-order valence-corrected chi connectivity index (χ3v) is 4.95. The molecule has 2 fully saturated rings. The number of anilines is 1. The van der Waals surface area contributed by atoms with Gasteiger partial charge in [0.1, 0.15) is 0 Å². The molecule has 1 aromatic rings. The lowest BCUT2D eigenvalue weighted by molar-refractivity contribution is -0.00667. The van der Waals surface area contributed by atoms with Crippen LogP contribution in [0.3, 0.4) is 0 Å². The van der Waals surface area contributed by atoms with E-state index >= 15 is 0 Å². The van der Waals surface area contributed by atoms with Gasteiger partial charge in [-0.2, -0.15) is 5.26 Å². The van der Waals surface area contributed by atoms with Crippen LogP contribution in [-0.4, -0.2) is 30.9 Å². The maximum atomic E-state index is 12.3. The first-order valence-corrected chi connectivity index (χ1v) is 7.67. The van der Waals surface area contributed by atoms with E-state index in [4.69, 9.17) is 9.47 Å². The number of rotatable bonds is 4. The van der Waals surface area contributed by atoms with Gasteiger partial charge >= 0.3 is 6.03 Å². The van der Waals surface area contributed by atoms with Crippen molar-refractivity contribution in [3.63, 3.8) is 0 Å². The van der Waals surface area contributed by atoms with Crippen LogP contribution in [-0.2, 0) is 16.1 Å². The number of fused-ring (bicyclic) bond motifs is 1. The van der Waals surface area contributed by atoms with Crippen LogP contribution in [0.1, 0.15) is 31.4 Å². The van der Waals surface area contributed by atoms with Crippen molar-refractivity contribution in [3.05, 3.63) is 29.3 Å². The van der Waals surface area contributed by atoms with Crippen molar-refractivity contribution < 1.29 is 14.3 Å². The minimum absolute atomic E-state index is 0.269. The van der Waals surface area contributed by atoms with E-state index in [1.54, 1.807) is 25.3 Å². The van der Waals surface area contributed by atoms with E-state index in [-0.39, 0.29) is 17.2 Å². The number of urea groups is 1. The van der Waals surface area contributed by atoms with Crippen LogP contribution in [0.5, 0.6) is 0 Å². The molecule has 0 aromatic heterocycles. The molecule has 0 radical (unpaired) electrons. The minimum Gasteiger partial charge on any atom is -0.380 e. The van der Waals surface area contributed by atoms with Gasteiger partial charge < -0.3 is 20.1 Å². The number of nitrogens with one attached hydrogen (secondary N) is 2. The van der Waals surface area contributed by atoms with Crippen LogP contribution in [0.15, 0.2) is 18.2 Å². The Hall–Kier alpha value is -2.10.